The Morgan fingerprint density at radius 1 is 1.08 bits per heavy atom. The van der Waals surface area contributed by atoms with Gasteiger partial charge in [0.25, 0.3) is 0 Å². The molecule has 2 aromatic rings. The Balaban J connectivity index is 1.98. The lowest BCUT2D eigenvalue weighted by molar-refractivity contribution is -0.137. The van der Waals surface area contributed by atoms with Crippen molar-refractivity contribution in [3.05, 3.63) is 60.2 Å². The summed E-state index contributed by atoms with van der Waals surface area (Å²) < 4.78 is 63.6. The molecule has 9 heteroatoms. The van der Waals surface area contributed by atoms with Gasteiger partial charge in [-0.25, -0.2) is 8.42 Å². The molecule has 26 heavy (non-hydrogen) atoms. The minimum Gasteiger partial charge on any atom is -0.326 e. The van der Waals surface area contributed by atoms with Crippen LogP contribution in [0.3, 0.4) is 0 Å². The first-order chi connectivity index (χ1) is 12.1. The molecule has 5 nitrogen and oxygen atoms in total. The number of sulfonamides is 1. The van der Waals surface area contributed by atoms with E-state index in [1.165, 1.54) is 19.2 Å². The summed E-state index contributed by atoms with van der Waals surface area (Å²) in [7, 11) is -2.37. The first kappa shape index (κ1) is 19.8. The molecule has 0 bridgehead atoms. The number of hydrogen-bond donors (Lipinski definition) is 1. The van der Waals surface area contributed by atoms with E-state index in [0.29, 0.717) is 5.69 Å². The summed E-state index contributed by atoms with van der Waals surface area (Å²) in [5.74, 6) is -1.15. The van der Waals surface area contributed by atoms with Crippen LogP contribution < -0.4 is 9.62 Å². The van der Waals surface area contributed by atoms with Gasteiger partial charge >= 0.3 is 6.18 Å². The SMILES string of the molecule is CN(c1ccccc1)S(=O)(=O)CCC(=O)Nc1cccc(C(F)(F)F)c1. The third-order valence-electron chi connectivity index (χ3n) is 3.60. The van der Waals surface area contributed by atoms with Crippen molar-refractivity contribution in [2.24, 2.45) is 0 Å². The van der Waals surface area contributed by atoms with Crippen LogP contribution in [0.2, 0.25) is 0 Å². The molecule has 2 aromatic carbocycles. The molecular formula is C17H17F3N2O3S. The largest absolute Gasteiger partial charge is 0.416 e. The van der Waals surface area contributed by atoms with Crippen LogP contribution in [0.1, 0.15) is 12.0 Å². The second kappa shape index (κ2) is 7.77. The number of rotatable bonds is 6. The number of hydrogen-bond acceptors (Lipinski definition) is 3. The van der Waals surface area contributed by atoms with Crippen molar-refractivity contribution in [2.75, 3.05) is 22.4 Å². The van der Waals surface area contributed by atoms with Crippen LogP contribution in [0.5, 0.6) is 0 Å². The highest BCUT2D eigenvalue weighted by atomic mass is 32.2. The van der Waals surface area contributed by atoms with E-state index in [9.17, 15) is 26.4 Å². The molecule has 0 heterocycles. The fourth-order valence-corrected chi connectivity index (χ4v) is 3.31. The van der Waals surface area contributed by atoms with E-state index < -0.39 is 33.4 Å². The number of anilines is 2. The zero-order valence-corrected chi connectivity index (χ0v) is 14.6. The summed E-state index contributed by atoms with van der Waals surface area (Å²) in [5, 5.41) is 2.28. The van der Waals surface area contributed by atoms with Gasteiger partial charge in [-0.2, -0.15) is 13.2 Å². The number of amides is 1. The van der Waals surface area contributed by atoms with Gasteiger partial charge in [0.2, 0.25) is 15.9 Å². The van der Waals surface area contributed by atoms with Gasteiger partial charge in [-0.15, -0.1) is 0 Å². The van der Waals surface area contributed by atoms with E-state index in [0.717, 1.165) is 16.4 Å². The number of nitrogens with one attached hydrogen (secondary N) is 1. The average Bonchev–Trinajstić information content (AvgIpc) is 2.60. The number of carbonyl (C=O) groups excluding carboxylic acids is 1. The molecule has 0 saturated heterocycles. The normalized spacial score (nSPS) is 11.8. The molecule has 0 aliphatic carbocycles. The predicted molar refractivity (Wildman–Crippen MR) is 93.3 cm³/mol. The summed E-state index contributed by atoms with van der Waals surface area (Å²) in [4.78, 5) is 11.9. The monoisotopic (exact) mass is 386 g/mol. The minimum absolute atomic E-state index is 0.0429. The molecule has 0 atom stereocenters. The highest BCUT2D eigenvalue weighted by molar-refractivity contribution is 7.92. The molecule has 140 valence electrons. The van der Waals surface area contributed by atoms with Crippen molar-refractivity contribution in [1.82, 2.24) is 0 Å². The molecule has 0 aliphatic heterocycles. The third-order valence-corrected chi connectivity index (χ3v) is 5.36. The number of para-hydroxylation sites is 1. The van der Waals surface area contributed by atoms with Gasteiger partial charge in [0.15, 0.2) is 0 Å². The van der Waals surface area contributed by atoms with E-state index in [4.69, 9.17) is 0 Å². The minimum atomic E-state index is -4.53. The van der Waals surface area contributed by atoms with Crippen LogP contribution in [0, 0.1) is 0 Å². The van der Waals surface area contributed by atoms with Crippen molar-refractivity contribution >= 4 is 27.3 Å². The second-order valence-electron chi connectivity index (χ2n) is 5.50. The first-order valence-corrected chi connectivity index (χ1v) is 9.19. The van der Waals surface area contributed by atoms with Gasteiger partial charge in [0, 0.05) is 19.2 Å². The smallest absolute Gasteiger partial charge is 0.326 e. The van der Waals surface area contributed by atoms with E-state index in [2.05, 4.69) is 5.32 Å². The summed E-state index contributed by atoms with van der Waals surface area (Å²) >= 11 is 0. The molecule has 0 radical (unpaired) electrons. The van der Waals surface area contributed by atoms with E-state index in [1.54, 1.807) is 30.3 Å². The number of carbonyl (C=O) groups is 1. The Hall–Kier alpha value is -2.55. The van der Waals surface area contributed by atoms with Crippen molar-refractivity contribution in [1.29, 1.82) is 0 Å². The van der Waals surface area contributed by atoms with Gasteiger partial charge in [-0.1, -0.05) is 24.3 Å². The van der Waals surface area contributed by atoms with Crippen LogP contribution >= 0.6 is 0 Å². The van der Waals surface area contributed by atoms with E-state index >= 15 is 0 Å². The molecule has 0 saturated carbocycles. The molecule has 0 spiro atoms. The Morgan fingerprint density at radius 3 is 2.35 bits per heavy atom. The van der Waals surface area contributed by atoms with Crippen molar-refractivity contribution < 1.29 is 26.4 Å². The first-order valence-electron chi connectivity index (χ1n) is 7.58. The van der Waals surface area contributed by atoms with Gasteiger partial charge in [-0.3, -0.25) is 9.10 Å². The molecule has 0 unspecified atom stereocenters. The molecule has 1 N–H and O–H groups in total. The maximum atomic E-state index is 12.7. The average molecular weight is 386 g/mol. The topological polar surface area (TPSA) is 66.5 Å². The molecular weight excluding hydrogens is 369 g/mol. The van der Waals surface area contributed by atoms with Gasteiger partial charge < -0.3 is 5.32 Å². The van der Waals surface area contributed by atoms with Crippen LogP contribution in [0.15, 0.2) is 54.6 Å². The summed E-state index contributed by atoms with van der Waals surface area (Å²) in [6.07, 6.45) is -4.90. The Labute approximate surface area is 149 Å². The van der Waals surface area contributed by atoms with Crippen LogP contribution in [-0.2, 0) is 21.0 Å². The lowest BCUT2D eigenvalue weighted by atomic mass is 10.2. The highest BCUT2D eigenvalue weighted by Gasteiger charge is 2.30. The van der Waals surface area contributed by atoms with Gasteiger partial charge in [-0.05, 0) is 30.3 Å². The van der Waals surface area contributed by atoms with Gasteiger partial charge in [0.05, 0.1) is 17.0 Å². The summed E-state index contributed by atoms with van der Waals surface area (Å²) in [6, 6.07) is 12.5. The fourth-order valence-electron chi connectivity index (χ4n) is 2.15. The standard InChI is InChI=1S/C17H17F3N2O3S/c1-22(15-8-3-2-4-9-15)26(24,25)11-10-16(23)21-14-7-5-6-13(12-14)17(18,19)20/h2-9,12H,10-11H2,1H3,(H,21,23). The predicted octanol–water partition coefficient (Wildman–Crippen LogP) is 3.50. The van der Waals surface area contributed by atoms with E-state index in [-0.39, 0.29) is 12.1 Å². The number of benzene rings is 2. The summed E-state index contributed by atoms with van der Waals surface area (Å²) in [5.41, 5.74) is -0.490. The third kappa shape index (κ3) is 5.22. The maximum absolute atomic E-state index is 12.7. The maximum Gasteiger partial charge on any atom is 0.416 e. The number of halogens is 3. The Bertz CT molecular complexity index is 868. The van der Waals surface area contributed by atoms with Crippen LogP contribution in [0.4, 0.5) is 24.5 Å². The number of alkyl halides is 3. The molecule has 1 amide bonds. The lowest BCUT2D eigenvalue weighted by Gasteiger charge is -2.19. The zero-order valence-electron chi connectivity index (χ0n) is 13.8. The highest BCUT2D eigenvalue weighted by Crippen LogP contribution is 2.30. The second-order valence-corrected chi connectivity index (χ2v) is 7.62. The zero-order chi connectivity index (χ0) is 19.4. The van der Waals surface area contributed by atoms with Crippen molar-refractivity contribution in [3.63, 3.8) is 0 Å². The van der Waals surface area contributed by atoms with Gasteiger partial charge in [0.1, 0.15) is 0 Å². The number of nitrogens with zero attached hydrogens (tertiary/aromatic N) is 1. The molecule has 0 fully saturated rings. The van der Waals surface area contributed by atoms with E-state index in [1.807, 2.05) is 0 Å². The Kier molecular flexibility index (Phi) is 5.91. The summed E-state index contributed by atoms with van der Waals surface area (Å²) in [6.45, 7) is 0. The van der Waals surface area contributed by atoms with Crippen LogP contribution in [-0.4, -0.2) is 27.1 Å². The molecule has 2 rings (SSSR count). The van der Waals surface area contributed by atoms with Crippen LogP contribution in [0.25, 0.3) is 0 Å². The molecule has 0 aromatic heterocycles. The molecule has 0 aliphatic rings. The Morgan fingerprint density at radius 2 is 1.73 bits per heavy atom. The quantitative estimate of drug-likeness (QED) is 0.826. The lowest BCUT2D eigenvalue weighted by Crippen LogP contribution is -2.30. The fraction of sp³-hybridized carbons (Fsp3) is 0.235. The van der Waals surface area contributed by atoms with Crippen molar-refractivity contribution in [2.45, 2.75) is 12.6 Å². The van der Waals surface area contributed by atoms with Crippen molar-refractivity contribution in [3.8, 4) is 0 Å².